The van der Waals surface area contributed by atoms with Gasteiger partial charge in [0.25, 0.3) is 0 Å². The minimum Gasteiger partial charge on any atom is -0.352 e. The average molecular weight is 402 g/mol. The number of pyridine rings is 1. The molecule has 0 unspecified atom stereocenters. The Morgan fingerprint density at radius 3 is 3.00 bits per heavy atom. The van der Waals surface area contributed by atoms with Crippen LogP contribution in [0.1, 0.15) is 24.2 Å². The van der Waals surface area contributed by atoms with Gasteiger partial charge in [0.1, 0.15) is 5.65 Å². The molecule has 0 saturated carbocycles. The molecule has 0 bridgehead atoms. The molecule has 0 radical (unpaired) electrons. The van der Waals surface area contributed by atoms with Crippen molar-refractivity contribution in [2.75, 3.05) is 24.5 Å². The van der Waals surface area contributed by atoms with Crippen LogP contribution in [0.5, 0.6) is 0 Å². The fourth-order valence-electron chi connectivity index (χ4n) is 3.13. The second-order valence-electron chi connectivity index (χ2n) is 6.41. The summed E-state index contributed by atoms with van der Waals surface area (Å²) in [5.41, 5.74) is 2.47. The third-order valence-electron chi connectivity index (χ3n) is 4.51. The Morgan fingerprint density at radius 2 is 2.15 bits per heavy atom. The molecular formula is C19H20ClN5OS. The zero-order valence-corrected chi connectivity index (χ0v) is 16.3. The predicted octanol–water partition coefficient (Wildman–Crippen LogP) is 3.42. The zero-order valence-electron chi connectivity index (χ0n) is 14.8. The summed E-state index contributed by atoms with van der Waals surface area (Å²) >= 11 is 7.85. The molecular weight excluding hydrogens is 382 g/mol. The summed E-state index contributed by atoms with van der Waals surface area (Å²) < 4.78 is 1.85. The number of hydrogen-bond acceptors (Lipinski definition) is 5. The van der Waals surface area contributed by atoms with E-state index in [1.54, 1.807) is 17.4 Å². The zero-order chi connectivity index (χ0) is 18.6. The Bertz CT molecular complexity index is 974. The monoisotopic (exact) mass is 401 g/mol. The van der Waals surface area contributed by atoms with Crippen molar-refractivity contribution in [3.63, 3.8) is 0 Å². The number of imidazole rings is 1. The van der Waals surface area contributed by atoms with Crippen molar-refractivity contribution >= 4 is 45.7 Å². The van der Waals surface area contributed by atoms with Crippen molar-refractivity contribution in [3.05, 3.63) is 52.4 Å². The van der Waals surface area contributed by atoms with Crippen molar-refractivity contribution in [3.8, 4) is 0 Å². The number of thiazole rings is 1. The van der Waals surface area contributed by atoms with Crippen molar-refractivity contribution < 1.29 is 4.79 Å². The Hall–Kier alpha value is -2.38. The lowest BCUT2D eigenvalue weighted by Gasteiger charge is -2.12. The first kappa shape index (κ1) is 18.0. The number of nitrogens with zero attached hydrogens (tertiary/aromatic N) is 4. The van der Waals surface area contributed by atoms with Crippen LogP contribution < -0.4 is 10.2 Å². The highest BCUT2D eigenvalue weighted by molar-refractivity contribution is 7.13. The van der Waals surface area contributed by atoms with E-state index in [0.717, 1.165) is 36.0 Å². The molecule has 8 heteroatoms. The number of nitrogens with one attached hydrogen (secondary N) is 1. The van der Waals surface area contributed by atoms with E-state index < -0.39 is 0 Å². The molecule has 1 aliphatic rings. The Balaban J connectivity index is 1.30. The van der Waals surface area contributed by atoms with Crippen LogP contribution in [0.4, 0.5) is 5.13 Å². The first-order chi connectivity index (χ1) is 13.2. The van der Waals surface area contributed by atoms with Gasteiger partial charge in [0, 0.05) is 43.7 Å². The molecule has 1 amide bonds. The van der Waals surface area contributed by atoms with E-state index in [4.69, 9.17) is 11.6 Å². The highest BCUT2D eigenvalue weighted by atomic mass is 35.5. The third-order valence-corrected chi connectivity index (χ3v) is 5.74. The molecule has 3 aromatic rings. The molecule has 4 rings (SSSR count). The van der Waals surface area contributed by atoms with Gasteiger partial charge in [-0.3, -0.25) is 9.20 Å². The highest BCUT2D eigenvalue weighted by Gasteiger charge is 2.15. The quantitative estimate of drug-likeness (QED) is 0.643. The van der Waals surface area contributed by atoms with E-state index in [2.05, 4.69) is 25.6 Å². The van der Waals surface area contributed by atoms with Gasteiger partial charge in [-0.2, -0.15) is 0 Å². The van der Waals surface area contributed by atoms with Crippen LogP contribution in [0.15, 0.2) is 35.9 Å². The lowest BCUT2D eigenvalue weighted by molar-refractivity contribution is -0.116. The van der Waals surface area contributed by atoms with Gasteiger partial charge in [0.05, 0.1) is 11.4 Å². The van der Waals surface area contributed by atoms with Gasteiger partial charge in [-0.05, 0) is 31.1 Å². The SMILES string of the molecule is O=C(C=Cc1c(Cl)nc2ccccn12)NCCc1csc(N2CCCC2)n1. The van der Waals surface area contributed by atoms with Gasteiger partial charge >= 0.3 is 0 Å². The summed E-state index contributed by atoms with van der Waals surface area (Å²) in [4.78, 5) is 23.4. The molecule has 140 valence electrons. The lowest BCUT2D eigenvalue weighted by Crippen LogP contribution is -2.23. The molecule has 6 nitrogen and oxygen atoms in total. The summed E-state index contributed by atoms with van der Waals surface area (Å²) in [6.45, 7) is 2.74. The predicted molar refractivity (Wildman–Crippen MR) is 110 cm³/mol. The molecule has 3 aromatic heterocycles. The minimum absolute atomic E-state index is 0.160. The van der Waals surface area contributed by atoms with Crippen LogP contribution in [0.25, 0.3) is 11.7 Å². The van der Waals surface area contributed by atoms with Crippen molar-refractivity contribution in [2.24, 2.45) is 0 Å². The van der Waals surface area contributed by atoms with Crippen molar-refractivity contribution in [2.45, 2.75) is 19.3 Å². The fourth-order valence-corrected chi connectivity index (χ4v) is 4.28. The summed E-state index contributed by atoms with van der Waals surface area (Å²) in [5, 5.41) is 6.44. The van der Waals surface area contributed by atoms with Crippen LogP contribution in [0.3, 0.4) is 0 Å². The van der Waals surface area contributed by atoms with Crippen LogP contribution in [-0.2, 0) is 11.2 Å². The maximum absolute atomic E-state index is 12.1. The van der Waals surface area contributed by atoms with Gasteiger partial charge < -0.3 is 10.2 Å². The van der Waals surface area contributed by atoms with Gasteiger partial charge in [-0.15, -0.1) is 11.3 Å². The molecule has 0 aliphatic carbocycles. The van der Waals surface area contributed by atoms with Gasteiger partial charge in [-0.1, -0.05) is 17.7 Å². The second-order valence-corrected chi connectivity index (χ2v) is 7.60. The molecule has 0 atom stereocenters. The molecule has 1 saturated heterocycles. The van der Waals surface area contributed by atoms with Crippen LogP contribution in [-0.4, -0.2) is 39.9 Å². The van der Waals surface area contributed by atoms with Gasteiger partial charge in [0.15, 0.2) is 10.3 Å². The van der Waals surface area contributed by atoms with Crippen molar-refractivity contribution in [1.82, 2.24) is 19.7 Å². The molecule has 1 aliphatic heterocycles. The normalized spacial score (nSPS) is 14.5. The Morgan fingerprint density at radius 1 is 1.30 bits per heavy atom. The molecule has 0 spiro atoms. The minimum atomic E-state index is -0.160. The standard InChI is InChI=1S/C19H20ClN5OS/c20-18-15(25-12-2-1-5-16(25)23-18)6-7-17(26)21-9-8-14-13-27-19(22-14)24-10-3-4-11-24/h1-2,5-7,12-13H,3-4,8-11H2,(H,21,26). The summed E-state index contributed by atoms with van der Waals surface area (Å²) in [7, 11) is 0. The van der Waals surface area contributed by atoms with Crippen molar-refractivity contribution in [1.29, 1.82) is 0 Å². The summed E-state index contributed by atoms with van der Waals surface area (Å²) in [5.74, 6) is -0.160. The third kappa shape index (κ3) is 4.14. The summed E-state index contributed by atoms with van der Waals surface area (Å²) in [6, 6.07) is 5.66. The molecule has 0 aromatic carbocycles. The number of anilines is 1. The number of amides is 1. The maximum Gasteiger partial charge on any atom is 0.244 e. The van der Waals surface area contributed by atoms with Gasteiger partial charge in [-0.25, -0.2) is 9.97 Å². The largest absolute Gasteiger partial charge is 0.352 e. The number of aromatic nitrogens is 3. The number of rotatable bonds is 6. The van der Waals surface area contributed by atoms with E-state index in [0.29, 0.717) is 17.4 Å². The Labute approximate surface area is 166 Å². The second kappa shape index (κ2) is 8.10. The van der Waals surface area contributed by atoms with E-state index in [9.17, 15) is 4.79 Å². The number of halogens is 1. The smallest absolute Gasteiger partial charge is 0.244 e. The lowest BCUT2D eigenvalue weighted by atomic mass is 10.3. The number of carbonyl (C=O) groups is 1. The first-order valence-electron chi connectivity index (χ1n) is 8.98. The van der Waals surface area contributed by atoms with Crippen LogP contribution in [0, 0.1) is 0 Å². The number of fused-ring (bicyclic) bond motifs is 1. The number of carbonyl (C=O) groups excluding carboxylic acids is 1. The summed E-state index contributed by atoms with van der Waals surface area (Å²) in [6.07, 6.45) is 8.25. The van der Waals surface area contributed by atoms with E-state index in [1.165, 1.54) is 18.9 Å². The molecule has 27 heavy (non-hydrogen) atoms. The molecule has 1 fully saturated rings. The maximum atomic E-state index is 12.1. The van der Waals surface area contributed by atoms with Crippen LogP contribution >= 0.6 is 22.9 Å². The highest BCUT2D eigenvalue weighted by Crippen LogP contribution is 2.24. The first-order valence-corrected chi connectivity index (χ1v) is 10.2. The van der Waals surface area contributed by atoms with E-state index in [1.807, 2.05) is 28.8 Å². The topological polar surface area (TPSA) is 62.5 Å². The molecule has 4 heterocycles. The number of hydrogen-bond donors (Lipinski definition) is 1. The molecule has 1 N–H and O–H groups in total. The van der Waals surface area contributed by atoms with Crippen LogP contribution in [0.2, 0.25) is 5.15 Å². The van der Waals surface area contributed by atoms with E-state index in [-0.39, 0.29) is 5.91 Å². The Kier molecular flexibility index (Phi) is 5.40. The van der Waals surface area contributed by atoms with E-state index >= 15 is 0 Å². The average Bonchev–Trinajstić information content (AvgIpc) is 3.39. The van der Waals surface area contributed by atoms with Gasteiger partial charge in [0.2, 0.25) is 5.91 Å². The fraction of sp³-hybridized carbons (Fsp3) is 0.316.